The van der Waals surface area contributed by atoms with E-state index in [1.54, 1.807) is 5.32 Å². The minimum atomic E-state index is -3.60. The molecule has 0 radical (unpaired) electrons. The Balaban J connectivity index is 1.41. The molecule has 0 saturated carbocycles. The van der Waals surface area contributed by atoms with Crippen LogP contribution in [0.25, 0.3) is 0 Å². The van der Waals surface area contributed by atoms with E-state index in [4.69, 9.17) is 19.1 Å². The Morgan fingerprint density at radius 3 is 2.64 bits per heavy atom. The van der Waals surface area contributed by atoms with Crippen LogP contribution >= 0.6 is 0 Å². The zero-order valence-electron chi connectivity index (χ0n) is 24.7. The number of piperidine rings is 1. The van der Waals surface area contributed by atoms with Gasteiger partial charge in [-0.2, -0.15) is 0 Å². The SMILES string of the molecule is [2H]C1([2H])c2c(OCc3ccc(CN4CCOCC4)cc3)cccc2C(=O)N1[C@@]1([2H])C(=O)NC(=O)C([2H])([2H])C1([2H])[2H]. The molecule has 5 rings (SSSR count). The van der Waals surface area contributed by atoms with Gasteiger partial charge in [0.2, 0.25) is 11.8 Å². The number of carbonyl (C=O) groups is 3. The molecule has 8 nitrogen and oxygen atoms in total. The number of nitrogens with one attached hydrogen (secondary N) is 1. The lowest BCUT2D eigenvalue weighted by Crippen LogP contribution is -2.52. The number of fused-ring (bicyclic) bond motifs is 1. The van der Waals surface area contributed by atoms with E-state index in [9.17, 15) is 14.4 Å². The monoisotopic (exact) mass is 456 g/mol. The highest BCUT2D eigenvalue weighted by Crippen LogP contribution is 2.34. The molecule has 3 aliphatic heterocycles. The zero-order valence-corrected chi connectivity index (χ0v) is 17.7. The van der Waals surface area contributed by atoms with Crippen molar-refractivity contribution in [1.82, 2.24) is 15.1 Å². The molecule has 8 heteroatoms. The van der Waals surface area contributed by atoms with E-state index >= 15 is 0 Å². The zero-order chi connectivity index (χ0) is 29.1. The number of morpholine rings is 1. The quantitative estimate of drug-likeness (QED) is 0.668. The van der Waals surface area contributed by atoms with E-state index < -0.39 is 43.0 Å². The average Bonchev–Trinajstić information content (AvgIpc) is 3.12. The number of rotatable bonds is 6. The largest absolute Gasteiger partial charge is 0.489 e. The Morgan fingerprint density at radius 1 is 1.09 bits per heavy atom. The van der Waals surface area contributed by atoms with Crippen LogP contribution in [-0.2, 0) is 34.0 Å². The first-order chi connectivity index (χ1) is 18.7. The fourth-order valence-corrected chi connectivity index (χ4v) is 3.83. The second-order valence-electron chi connectivity index (χ2n) is 7.81. The van der Waals surface area contributed by atoms with Gasteiger partial charge in [0.15, 0.2) is 0 Å². The van der Waals surface area contributed by atoms with Gasteiger partial charge in [0.1, 0.15) is 18.4 Å². The number of ether oxygens (including phenoxy) is 2. The lowest BCUT2D eigenvalue weighted by atomic mass is 10.0. The number of amides is 3. The number of imide groups is 1. The van der Waals surface area contributed by atoms with Crippen LogP contribution in [0.1, 0.15) is 49.4 Å². The van der Waals surface area contributed by atoms with Gasteiger partial charge < -0.3 is 14.4 Å². The molecular weight excluding hydrogens is 422 g/mol. The molecule has 1 N–H and O–H groups in total. The molecule has 0 spiro atoms. The summed E-state index contributed by atoms with van der Waals surface area (Å²) < 4.78 is 69.7. The van der Waals surface area contributed by atoms with E-state index in [0.29, 0.717) is 13.2 Å². The Hall–Kier alpha value is -3.23. The molecule has 0 aromatic heterocycles. The topological polar surface area (TPSA) is 88.2 Å². The highest BCUT2D eigenvalue weighted by Gasteiger charge is 2.40. The number of benzene rings is 2. The molecular formula is C25H27N3O5. The fraction of sp³-hybridized carbons (Fsp3) is 0.400. The fourth-order valence-electron chi connectivity index (χ4n) is 3.83. The van der Waals surface area contributed by atoms with E-state index in [0.717, 1.165) is 30.8 Å². The standard InChI is InChI=1S/C25H27N3O5/c29-23-9-8-21(24(30)26-23)28-15-20-19(25(28)31)2-1-3-22(20)33-16-18-6-4-17(5-7-18)14-27-10-12-32-13-11-27/h1-7,21H,8-16H2,(H,26,29,30)/t21-/m1/s1/i8D2,9D2,15D2,21D. The summed E-state index contributed by atoms with van der Waals surface area (Å²) in [5.41, 5.74) is 1.27. The van der Waals surface area contributed by atoms with E-state index in [2.05, 4.69) is 4.90 Å². The smallest absolute Gasteiger partial charge is 0.255 e. The van der Waals surface area contributed by atoms with Crippen LogP contribution in [0.4, 0.5) is 0 Å². The Labute approximate surface area is 202 Å². The first-order valence-corrected chi connectivity index (χ1v) is 10.6. The van der Waals surface area contributed by atoms with Gasteiger partial charge in [-0.15, -0.1) is 0 Å². The molecule has 3 amide bonds. The molecule has 0 unspecified atom stereocenters. The van der Waals surface area contributed by atoms with Crippen molar-refractivity contribution in [2.75, 3.05) is 26.3 Å². The van der Waals surface area contributed by atoms with Crippen molar-refractivity contribution in [3.8, 4) is 5.75 Å². The summed E-state index contributed by atoms with van der Waals surface area (Å²) in [4.78, 5) is 40.6. The lowest BCUT2D eigenvalue weighted by molar-refractivity contribution is -0.136. The molecule has 3 aliphatic rings. The molecule has 1 atom stereocenters. The Morgan fingerprint density at radius 2 is 1.85 bits per heavy atom. The maximum Gasteiger partial charge on any atom is 0.255 e. The first kappa shape index (κ1) is 14.8. The molecule has 2 aromatic rings. The summed E-state index contributed by atoms with van der Waals surface area (Å²) >= 11 is 0. The predicted octanol–water partition coefficient (Wildman–Crippen LogP) is 1.86. The van der Waals surface area contributed by atoms with Gasteiger partial charge in [0, 0.05) is 42.6 Å². The highest BCUT2D eigenvalue weighted by molar-refractivity contribution is 6.05. The summed E-state index contributed by atoms with van der Waals surface area (Å²) in [5, 5.41) is 1.59. The van der Waals surface area contributed by atoms with Crippen LogP contribution < -0.4 is 10.1 Å². The second kappa shape index (κ2) is 9.33. The van der Waals surface area contributed by atoms with Crippen molar-refractivity contribution >= 4 is 17.7 Å². The van der Waals surface area contributed by atoms with Crippen molar-refractivity contribution in [2.45, 2.75) is 38.4 Å². The summed E-state index contributed by atoms with van der Waals surface area (Å²) in [6.45, 7) is 0.910. The normalized spacial score (nSPS) is 31.1. The highest BCUT2D eigenvalue weighted by atomic mass is 16.5. The molecule has 33 heavy (non-hydrogen) atoms. The Bertz CT molecular complexity index is 1370. The van der Waals surface area contributed by atoms with Gasteiger partial charge in [-0.3, -0.25) is 24.6 Å². The van der Waals surface area contributed by atoms with E-state index in [1.807, 2.05) is 24.3 Å². The van der Waals surface area contributed by atoms with Crippen LogP contribution in [-0.4, -0.2) is 59.8 Å². The van der Waals surface area contributed by atoms with Crippen molar-refractivity contribution in [3.05, 3.63) is 64.7 Å². The van der Waals surface area contributed by atoms with E-state index in [-0.39, 0.29) is 28.4 Å². The third-order valence-corrected chi connectivity index (χ3v) is 5.57. The van der Waals surface area contributed by atoms with Crippen LogP contribution in [0.2, 0.25) is 0 Å². The van der Waals surface area contributed by atoms with Crippen LogP contribution in [0.5, 0.6) is 5.75 Å². The van der Waals surface area contributed by atoms with Crippen LogP contribution in [0.3, 0.4) is 0 Å². The van der Waals surface area contributed by atoms with Crippen molar-refractivity contribution in [3.63, 3.8) is 0 Å². The molecule has 172 valence electrons. The van der Waals surface area contributed by atoms with E-state index in [1.165, 1.54) is 18.2 Å². The summed E-state index contributed by atoms with van der Waals surface area (Å²) in [7, 11) is 0. The summed E-state index contributed by atoms with van der Waals surface area (Å²) in [6.07, 6.45) is -7.02. The predicted molar refractivity (Wildman–Crippen MR) is 119 cm³/mol. The van der Waals surface area contributed by atoms with Gasteiger partial charge in [-0.1, -0.05) is 30.3 Å². The number of nitrogens with zero attached hydrogens (tertiary/aromatic N) is 2. The first-order valence-electron chi connectivity index (χ1n) is 14.1. The number of hydrogen-bond acceptors (Lipinski definition) is 6. The second-order valence-corrected chi connectivity index (χ2v) is 7.81. The van der Waals surface area contributed by atoms with Crippen LogP contribution in [0.15, 0.2) is 42.5 Å². The average molecular weight is 457 g/mol. The minimum absolute atomic E-state index is 0.00292. The molecule has 2 saturated heterocycles. The van der Waals surface area contributed by atoms with Gasteiger partial charge in [0.05, 0.1) is 23.8 Å². The third kappa shape index (κ3) is 4.62. The third-order valence-electron chi connectivity index (χ3n) is 5.57. The van der Waals surface area contributed by atoms with Crippen molar-refractivity contribution in [2.24, 2.45) is 0 Å². The molecule has 2 aromatic carbocycles. The lowest BCUT2D eigenvalue weighted by Gasteiger charge is -2.29. The van der Waals surface area contributed by atoms with Gasteiger partial charge in [-0.05, 0) is 29.6 Å². The van der Waals surface area contributed by atoms with Gasteiger partial charge >= 0.3 is 0 Å². The molecule has 3 heterocycles. The summed E-state index contributed by atoms with van der Waals surface area (Å²) in [5.74, 6) is -4.54. The molecule has 0 aliphatic carbocycles. The van der Waals surface area contributed by atoms with Gasteiger partial charge in [0.25, 0.3) is 5.91 Å². The molecule has 0 bridgehead atoms. The molecule has 2 fully saturated rings. The number of hydrogen-bond donors (Lipinski definition) is 1. The van der Waals surface area contributed by atoms with Crippen molar-refractivity contribution in [1.29, 1.82) is 0 Å². The Kier molecular flexibility index (Phi) is 4.19. The maximum atomic E-state index is 13.4. The van der Waals surface area contributed by atoms with Gasteiger partial charge in [-0.25, -0.2) is 0 Å². The van der Waals surface area contributed by atoms with Crippen LogP contribution in [0, 0.1) is 0 Å². The summed E-state index contributed by atoms with van der Waals surface area (Å²) in [6, 6.07) is 8.27. The maximum absolute atomic E-state index is 13.4. The number of carbonyl (C=O) groups excluding carboxylic acids is 3. The van der Waals surface area contributed by atoms with Crippen molar-refractivity contribution < 1.29 is 33.5 Å². The minimum Gasteiger partial charge on any atom is -0.489 e.